The molecule has 0 saturated carbocycles. The van der Waals surface area contributed by atoms with Gasteiger partial charge in [-0.15, -0.1) is 23.5 Å². The monoisotopic (exact) mass is 561 g/mol. The number of nitrogens with zero attached hydrogens (tertiary/aromatic N) is 5. The quantitative estimate of drug-likeness (QED) is 0.119. The Morgan fingerprint density at radius 3 is 3.00 bits per heavy atom. The van der Waals surface area contributed by atoms with Crippen molar-refractivity contribution in [1.82, 2.24) is 24.6 Å². The van der Waals surface area contributed by atoms with Gasteiger partial charge in [-0.3, -0.25) is 19.4 Å². The van der Waals surface area contributed by atoms with Gasteiger partial charge < -0.3 is 25.9 Å². The van der Waals surface area contributed by atoms with Crippen molar-refractivity contribution in [3.8, 4) is 0 Å². The molecule has 37 heavy (non-hydrogen) atoms. The molecule has 2 aliphatic rings. The molecule has 0 aromatic carbocycles. The molecule has 2 saturated heterocycles. The van der Waals surface area contributed by atoms with Crippen molar-refractivity contribution in [2.75, 3.05) is 30.4 Å². The highest BCUT2D eigenvalue weighted by Gasteiger charge is 2.57. The van der Waals surface area contributed by atoms with Crippen LogP contribution in [0.3, 0.4) is 0 Å². The van der Waals surface area contributed by atoms with E-state index in [-0.39, 0.29) is 47.2 Å². The Hall–Kier alpha value is -3.43. The van der Waals surface area contributed by atoms with E-state index in [1.54, 1.807) is 12.4 Å². The number of hydrogen-bond acceptors (Lipinski definition) is 12. The highest BCUT2D eigenvalue weighted by atomic mass is 32.2. The van der Waals surface area contributed by atoms with E-state index in [0.29, 0.717) is 0 Å². The molecule has 0 spiro atoms. The Bertz CT molecular complexity index is 1240. The molecule has 2 unspecified atom stereocenters. The van der Waals surface area contributed by atoms with E-state index in [0.717, 1.165) is 17.1 Å². The molecule has 2 aromatic rings. The summed E-state index contributed by atoms with van der Waals surface area (Å²) in [6, 6.07) is 2.87. The van der Waals surface area contributed by atoms with Gasteiger partial charge in [0.15, 0.2) is 5.13 Å². The highest BCUT2D eigenvalue weighted by molar-refractivity contribution is 8.02. The number of hydrogen-bond donors (Lipinski definition) is 3. The van der Waals surface area contributed by atoms with Crippen LogP contribution in [0.2, 0.25) is 0 Å². The molecule has 4 heterocycles. The molecule has 2 aliphatic heterocycles. The molecular weight excluding hydrogens is 538 g/mol. The Labute approximate surface area is 224 Å². The number of carboxylic acids is 1. The average molecular weight is 562 g/mol. The van der Waals surface area contributed by atoms with Crippen LogP contribution in [0, 0.1) is 5.41 Å². The van der Waals surface area contributed by atoms with Gasteiger partial charge in [-0.25, -0.2) is 0 Å². The molecule has 3 atom stereocenters. The molecule has 0 radical (unpaired) electrons. The predicted molar refractivity (Wildman–Crippen MR) is 143 cm³/mol. The minimum atomic E-state index is -1.12. The first-order valence-corrected chi connectivity index (χ1v) is 13.8. The number of carboxylic acid groups (broad SMARTS) is 1. The summed E-state index contributed by atoms with van der Waals surface area (Å²) >= 11 is 3.57. The second-order valence-corrected chi connectivity index (χ2v) is 10.9. The van der Waals surface area contributed by atoms with Crippen molar-refractivity contribution in [3.63, 3.8) is 0 Å². The molecule has 0 aliphatic carbocycles. The molecule has 0 bridgehead atoms. The van der Waals surface area contributed by atoms with Crippen LogP contribution in [0.5, 0.6) is 0 Å². The van der Waals surface area contributed by atoms with E-state index in [4.69, 9.17) is 10.6 Å². The van der Waals surface area contributed by atoms with Crippen LogP contribution in [0.25, 0.3) is 6.08 Å². The zero-order valence-corrected chi connectivity index (χ0v) is 21.8. The van der Waals surface area contributed by atoms with Crippen molar-refractivity contribution in [3.05, 3.63) is 54.0 Å². The van der Waals surface area contributed by atoms with Crippen molar-refractivity contribution in [2.24, 2.45) is 10.6 Å². The number of carbonyl (C=O) groups is 3. The lowest BCUT2D eigenvalue weighted by Crippen LogP contribution is -2.74. The minimum absolute atomic E-state index is 0.0229. The number of pyridine rings is 1. The summed E-state index contributed by atoms with van der Waals surface area (Å²) in [6.07, 6.45) is 6.69. The van der Waals surface area contributed by atoms with Crippen molar-refractivity contribution in [1.29, 1.82) is 0 Å². The number of thioether (sulfide) groups is 2. The third-order valence-corrected chi connectivity index (χ3v) is 8.68. The van der Waals surface area contributed by atoms with Gasteiger partial charge in [-0.05, 0) is 23.1 Å². The third kappa shape index (κ3) is 5.94. The number of nitrogens with one attached hydrogen (secondary N) is 1. The smallest absolute Gasteiger partial charge is 0.313 e. The van der Waals surface area contributed by atoms with Crippen molar-refractivity contribution < 1.29 is 24.3 Å². The van der Waals surface area contributed by atoms with E-state index in [2.05, 4.69) is 31.4 Å². The second-order valence-electron chi connectivity index (χ2n) is 8.08. The standard InChI is InChI=1S/C22H23N7O5S3/c1-2-7-34-27-14(16-26-21(23)37-28-16)17(30)25-15-18(31)29-10-22(20(32)33,12-36-19(15)29)11-35-8-5-13-4-3-6-24-9-13/h2-6,8-9,15,19H,1,7,10-12H2,(H,25,30)(H,32,33)(H2,23,26,28)/t15?,19-,22?/m1/s1. The maximum absolute atomic E-state index is 12.9. The number of fused-ring (bicyclic) bond motifs is 1. The van der Waals surface area contributed by atoms with Gasteiger partial charge in [0.1, 0.15) is 23.4 Å². The van der Waals surface area contributed by atoms with Crippen LogP contribution in [0.1, 0.15) is 11.4 Å². The fourth-order valence-electron chi connectivity index (χ4n) is 3.59. The van der Waals surface area contributed by atoms with E-state index >= 15 is 0 Å². The SMILES string of the molecule is C=CCON=C(C(=O)NC1C(=O)N2CC(CSC=Cc3cccnc3)(C(=O)O)CS[C@H]12)c1nsc(N)n1. The fourth-order valence-corrected chi connectivity index (χ4v) is 6.69. The lowest BCUT2D eigenvalue weighted by Gasteiger charge is -2.53. The van der Waals surface area contributed by atoms with Crippen LogP contribution in [0.15, 0.2) is 47.7 Å². The molecule has 2 aromatic heterocycles. The number of anilines is 1. The normalized spacial score (nSPS) is 23.3. The molecule has 15 heteroatoms. The maximum Gasteiger partial charge on any atom is 0.313 e. The second kappa shape index (κ2) is 11.7. The topological polar surface area (TPSA) is 173 Å². The van der Waals surface area contributed by atoms with Crippen LogP contribution < -0.4 is 11.1 Å². The van der Waals surface area contributed by atoms with Crippen molar-refractivity contribution >= 4 is 69.8 Å². The van der Waals surface area contributed by atoms with Gasteiger partial charge in [-0.1, -0.05) is 23.9 Å². The first kappa shape index (κ1) is 26.6. The van der Waals surface area contributed by atoms with Gasteiger partial charge >= 0.3 is 5.97 Å². The zero-order chi connectivity index (χ0) is 26.4. The number of aliphatic carboxylic acids is 1. The number of aromatic nitrogens is 3. The highest BCUT2D eigenvalue weighted by Crippen LogP contribution is 2.43. The number of carbonyl (C=O) groups excluding carboxylic acids is 2. The molecule has 2 fully saturated rings. The molecule has 4 N–H and O–H groups in total. The molecule has 4 rings (SSSR count). The first-order valence-electron chi connectivity index (χ1n) is 10.9. The lowest BCUT2D eigenvalue weighted by molar-refractivity contribution is -0.157. The van der Waals surface area contributed by atoms with Gasteiger partial charge in [-0.2, -0.15) is 9.36 Å². The number of amides is 2. The Morgan fingerprint density at radius 2 is 2.32 bits per heavy atom. The largest absolute Gasteiger partial charge is 0.481 e. The number of oxime groups is 1. The van der Waals surface area contributed by atoms with Gasteiger partial charge in [0.2, 0.25) is 17.4 Å². The molecule has 12 nitrogen and oxygen atoms in total. The summed E-state index contributed by atoms with van der Waals surface area (Å²) in [7, 11) is 0. The van der Waals surface area contributed by atoms with E-state index in [1.807, 2.05) is 23.6 Å². The number of β-lactam (4-membered cyclic amide) rings is 1. The molecule has 2 amide bonds. The summed E-state index contributed by atoms with van der Waals surface area (Å²) < 4.78 is 3.99. The summed E-state index contributed by atoms with van der Waals surface area (Å²) in [5.74, 6) is -1.50. The summed E-state index contributed by atoms with van der Waals surface area (Å²) in [5.41, 5.74) is 5.18. The average Bonchev–Trinajstić information content (AvgIpc) is 3.33. The van der Waals surface area contributed by atoms with Gasteiger partial charge in [0.25, 0.3) is 5.91 Å². The molecule has 194 valence electrons. The summed E-state index contributed by atoms with van der Waals surface area (Å²) in [6.45, 7) is 3.62. The number of rotatable bonds is 11. The predicted octanol–water partition coefficient (Wildman–Crippen LogP) is 1.30. The first-order chi connectivity index (χ1) is 17.8. The van der Waals surface area contributed by atoms with Crippen LogP contribution in [-0.4, -0.2) is 83.9 Å². The summed E-state index contributed by atoms with van der Waals surface area (Å²) in [4.78, 5) is 52.6. The minimum Gasteiger partial charge on any atom is -0.481 e. The third-order valence-electron chi connectivity index (χ3n) is 5.50. The Balaban J connectivity index is 1.39. The Kier molecular flexibility index (Phi) is 8.45. The number of nitrogen functional groups attached to an aromatic ring is 1. The van der Waals surface area contributed by atoms with Crippen LogP contribution in [0.4, 0.5) is 5.13 Å². The zero-order valence-electron chi connectivity index (χ0n) is 19.4. The van der Waals surface area contributed by atoms with E-state index in [1.165, 1.54) is 34.5 Å². The van der Waals surface area contributed by atoms with Gasteiger partial charge in [0.05, 0.1) is 0 Å². The Morgan fingerprint density at radius 1 is 1.49 bits per heavy atom. The number of nitrogens with two attached hydrogens (primary N) is 1. The van der Waals surface area contributed by atoms with E-state index < -0.39 is 28.7 Å². The van der Waals surface area contributed by atoms with Gasteiger partial charge in [0, 0.05) is 42.0 Å². The van der Waals surface area contributed by atoms with E-state index in [9.17, 15) is 19.5 Å². The molecular formula is C22H23N7O5S3. The van der Waals surface area contributed by atoms with Crippen LogP contribution >= 0.6 is 35.1 Å². The van der Waals surface area contributed by atoms with Crippen LogP contribution in [-0.2, 0) is 19.2 Å². The lowest BCUT2D eigenvalue weighted by atomic mass is 9.89. The maximum atomic E-state index is 12.9. The van der Waals surface area contributed by atoms with Crippen molar-refractivity contribution in [2.45, 2.75) is 11.4 Å². The fraction of sp³-hybridized carbons (Fsp3) is 0.318. The summed E-state index contributed by atoms with van der Waals surface area (Å²) in [5, 5.41) is 18.0.